The summed E-state index contributed by atoms with van der Waals surface area (Å²) in [7, 11) is 0. The number of alkyl halides is 9. The summed E-state index contributed by atoms with van der Waals surface area (Å²) < 4.78 is 215. The molecule has 0 fully saturated rings. The van der Waals surface area contributed by atoms with Gasteiger partial charge in [-0.25, -0.2) is 22.0 Å². The minimum atomic E-state index is -5.95. The molecule has 3 rings (SSSR count). The van der Waals surface area contributed by atoms with Gasteiger partial charge < -0.3 is 20.9 Å². The van der Waals surface area contributed by atoms with Gasteiger partial charge in [-0.15, -0.1) is 0 Å². The standard InChI is InChI=1S/C21H7F15N2O2/c22-5-2-8(37)12(25)17(10(5)20(31,32)33)39-15-4(19(28,29)30)1-7(24)16(14(15)27)40-18-11(21(34,35)36)6(23)3-9(38)13(18)26/h1-3H,37-38H2. The number of ether oxygens (including phenoxy) is 2. The van der Waals surface area contributed by atoms with Gasteiger partial charge in [-0.05, 0) is 6.07 Å². The molecule has 4 N–H and O–H groups in total. The van der Waals surface area contributed by atoms with Crippen LogP contribution in [0.1, 0.15) is 16.7 Å². The Kier molecular flexibility index (Phi) is 7.42. The first-order chi connectivity index (χ1) is 18.1. The molecule has 0 aliphatic heterocycles. The van der Waals surface area contributed by atoms with Crippen LogP contribution in [-0.4, -0.2) is 0 Å². The fourth-order valence-electron chi connectivity index (χ4n) is 3.15. The monoisotopic (exact) mass is 604 g/mol. The van der Waals surface area contributed by atoms with Gasteiger partial charge in [0.2, 0.25) is 11.6 Å². The lowest BCUT2D eigenvalue weighted by molar-refractivity contribution is -0.142. The van der Waals surface area contributed by atoms with E-state index in [4.69, 9.17) is 11.5 Å². The summed E-state index contributed by atoms with van der Waals surface area (Å²) in [6.45, 7) is 0. The summed E-state index contributed by atoms with van der Waals surface area (Å²) in [6.07, 6.45) is -17.8. The van der Waals surface area contributed by atoms with Crippen molar-refractivity contribution in [2.75, 3.05) is 11.5 Å². The van der Waals surface area contributed by atoms with Crippen LogP contribution in [0.15, 0.2) is 18.2 Å². The number of hydrogen-bond donors (Lipinski definition) is 2. The molecular formula is C21H7F15N2O2. The molecule has 0 saturated heterocycles. The quantitative estimate of drug-likeness (QED) is 0.232. The molecule has 4 nitrogen and oxygen atoms in total. The maximum atomic E-state index is 15.2. The van der Waals surface area contributed by atoms with Crippen LogP contribution in [0.2, 0.25) is 0 Å². The second-order valence-corrected chi connectivity index (χ2v) is 7.51. The molecule has 0 aliphatic carbocycles. The summed E-state index contributed by atoms with van der Waals surface area (Å²) in [5.41, 5.74) is -1.16. The Morgan fingerprint density at radius 2 is 0.825 bits per heavy atom. The first kappa shape index (κ1) is 30.4. The summed E-state index contributed by atoms with van der Waals surface area (Å²) in [6, 6.07) is -1.30. The van der Waals surface area contributed by atoms with E-state index >= 15 is 4.39 Å². The van der Waals surface area contributed by atoms with Crippen molar-refractivity contribution in [3.05, 3.63) is 69.8 Å². The number of benzene rings is 3. The summed E-state index contributed by atoms with van der Waals surface area (Å²) >= 11 is 0. The predicted octanol–water partition coefficient (Wildman–Crippen LogP) is 8.33. The van der Waals surface area contributed by atoms with Gasteiger partial charge in [-0.1, -0.05) is 0 Å². The summed E-state index contributed by atoms with van der Waals surface area (Å²) in [5.74, 6) is -25.0. The van der Waals surface area contributed by atoms with Gasteiger partial charge in [0, 0.05) is 12.1 Å². The average Bonchev–Trinajstić information content (AvgIpc) is 2.76. The fourth-order valence-corrected chi connectivity index (χ4v) is 3.15. The van der Waals surface area contributed by atoms with E-state index in [1.54, 1.807) is 0 Å². The van der Waals surface area contributed by atoms with Gasteiger partial charge in [0.15, 0.2) is 34.7 Å². The number of nitrogen functional groups attached to an aromatic ring is 2. The van der Waals surface area contributed by atoms with Crippen molar-refractivity contribution in [2.24, 2.45) is 0 Å². The van der Waals surface area contributed by atoms with E-state index in [-0.39, 0.29) is 12.1 Å². The van der Waals surface area contributed by atoms with Crippen molar-refractivity contribution in [1.29, 1.82) is 0 Å². The van der Waals surface area contributed by atoms with Gasteiger partial charge in [0.05, 0.1) is 11.4 Å². The van der Waals surface area contributed by atoms with Crippen LogP contribution in [-0.2, 0) is 18.5 Å². The van der Waals surface area contributed by atoms with Crippen molar-refractivity contribution < 1.29 is 75.3 Å². The van der Waals surface area contributed by atoms with E-state index in [0.717, 1.165) is 0 Å². The predicted molar refractivity (Wildman–Crippen MR) is 103 cm³/mol. The van der Waals surface area contributed by atoms with Crippen LogP contribution in [0.3, 0.4) is 0 Å². The fraction of sp³-hybridized carbons (Fsp3) is 0.143. The molecule has 3 aromatic rings. The molecule has 0 spiro atoms. The molecular weight excluding hydrogens is 597 g/mol. The lowest BCUT2D eigenvalue weighted by atomic mass is 10.1. The molecule has 0 heterocycles. The smallest absolute Gasteiger partial charge is 0.422 e. The number of anilines is 2. The molecule has 19 heteroatoms. The zero-order valence-corrected chi connectivity index (χ0v) is 18.4. The highest BCUT2D eigenvalue weighted by atomic mass is 19.4. The van der Waals surface area contributed by atoms with Gasteiger partial charge in [0.1, 0.15) is 28.3 Å². The summed E-state index contributed by atoms with van der Waals surface area (Å²) in [5, 5.41) is 0. The number of hydrogen-bond acceptors (Lipinski definition) is 4. The van der Waals surface area contributed by atoms with Crippen LogP contribution < -0.4 is 20.9 Å². The Labute approximate surface area is 210 Å². The highest BCUT2D eigenvalue weighted by molar-refractivity contribution is 5.57. The second-order valence-electron chi connectivity index (χ2n) is 7.51. The molecule has 0 aromatic heterocycles. The van der Waals surface area contributed by atoms with Gasteiger partial charge in [-0.2, -0.15) is 43.9 Å². The Balaban J connectivity index is 2.38. The van der Waals surface area contributed by atoms with Crippen LogP contribution in [0, 0.1) is 34.9 Å². The molecule has 218 valence electrons. The third-order valence-corrected chi connectivity index (χ3v) is 4.81. The molecule has 40 heavy (non-hydrogen) atoms. The molecule has 3 aromatic carbocycles. The van der Waals surface area contributed by atoms with Crippen molar-refractivity contribution in [3.63, 3.8) is 0 Å². The molecule has 0 radical (unpaired) electrons. The number of nitrogens with two attached hydrogens (primary N) is 2. The Morgan fingerprint density at radius 3 is 1.18 bits per heavy atom. The van der Waals surface area contributed by atoms with Gasteiger partial charge >= 0.3 is 18.5 Å². The minimum absolute atomic E-state index is 0.227. The highest BCUT2D eigenvalue weighted by Gasteiger charge is 2.45. The first-order valence-electron chi connectivity index (χ1n) is 9.71. The number of halogens is 15. The number of rotatable bonds is 4. The first-order valence-corrected chi connectivity index (χ1v) is 9.71. The lowest BCUT2D eigenvalue weighted by Crippen LogP contribution is -2.16. The highest BCUT2D eigenvalue weighted by Crippen LogP contribution is 2.50. The zero-order valence-electron chi connectivity index (χ0n) is 18.4. The van der Waals surface area contributed by atoms with Crippen LogP contribution in [0.25, 0.3) is 0 Å². The van der Waals surface area contributed by atoms with E-state index in [1.165, 1.54) is 0 Å². The van der Waals surface area contributed by atoms with Crippen molar-refractivity contribution >= 4 is 11.4 Å². The van der Waals surface area contributed by atoms with E-state index in [2.05, 4.69) is 9.47 Å². The minimum Gasteiger partial charge on any atom is -0.450 e. The van der Waals surface area contributed by atoms with Crippen LogP contribution in [0.4, 0.5) is 77.2 Å². The third-order valence-electron chi connectivity index (χ3n) is 4.81. The summed E-state index contributed by atoms with van der Waals surface area (Å²) in [4.78, 5) is 0. The lowest BCUT2D eigenvalue weighted by Gasteiger charge is -2.21. The van der Waals surface area contributed by atoms with E-state index < -0.39 is 111 Å². The normalized spacial score (nSPS) is 12.6. The average molecular weight is 604 g/mol. The maximum absolute atomic E-state index is 15.2. The van der Waals surface area contributed by atoms with Gasteiger partial charge in [-0.3, -0.25) is 0 Å². The van der Waals surface area contributed by atoms with E-state index in [9.17, 15) is 61.5 Å². The Morgan fingerprint density at radius 1 is 0.450 bits per heavy atom. The largest absolute Gasteiger partial charge is 0.450 e. The molecule has 0 saturated carbocycles. The molecule has 0 bridgehead atoms. The topological polar surface area (TPSA) is 70.5 Å². The Bertz CT molecular complexity index is 1490. The van der Waals surface area contributed by atoms with E-state index in [1.807, 2.05) is 0 Å². The Hall–Kier alpha value is -4.19. The second kappa shape index (κ2) is 9.77. The molecule has 0 unspecified atom stereocenters. The third kappa shape index (κ3) is 5.44. The van der Waals surface area contributed by atoms with Crippen molar-refractivity contribution in [2.45, 2.75) is 18.5 Å². The van der Waals surface area contributed by atoms with Gasteiger partial charge in [0.25, 0.3) is 0 Å². The van der Waals surface area contributed by atoms with Crippen molar-refractivity contribution in [3.8, 4) is 23.0 Å². The maximum Gasteiger partial charge on any atom is 0.422 e. The molecule has 0 aliphatic rings. The van der Waals surface area contributed by atoms with Crippen LogP contribution >= 0.6 is 0 Å². The van der Waals surface area contributed by atoms with Crippen LogP contribution in [0.5, 0.6) is 23.0 Å². The van der Waals surface area contributed by atoms with E-state index in [0.29, 0.717) is 0 Å². The van der Waals surface area contributed by atoms with Crippen molar-refractivity contribution in [1.82, 2.24) is 0 Å². The SMILES string of the molecule is Nc1cc(F)c(C(F)(F)F)c(Oc2c(F)cc(C(F)(F)F)c(Oc3c(F)c(N)cc(F)c3C(F)(F)F)c2F)c1F. The molecule has 0 amide bonds. The zero-order chi connectivity index (χ0) is 30.7. The molecule has 0 atom stereocenters.